The Morgan fingerprint density at radius 1 is 1.15 bits per heavy atom. The molecule has 0 aliphatic rings. The minimum atomic E-state index is -0.624. The normalized spacial score (nSPS) is 10.5. The van der Waals surface area contributed by atoms with Crippen LogP contribution in [0, 0.1) is 20.2 Å². The van der Waals surface area contributed by atoms with Crippen LogP contribution >= 0.6 is 11.6 Å². The van der Waals surface area contributed by atoms with Crippen molar-refractivity contribution < 1.29 is 19.4 Å². The summed E-state index contributed by atoms with van der Waals surface area (Å²) < 4.78 is 5.02. The van der Waals surface area contributed by atoms with E-state index in [1.807, 2.05) is 0 Å². The standard InChI is InChI=1S/C16H12ClN3O6/c1-26-15-9-11(19(22)23)4-6-13(15)18-16(21)7-3-10-2-5-12(17)14(8-10)20(24)25/h2-9H,1H3,(H,18,21)/b7-3+. The largest absolute Gasteiger partial charge is 0.494 e. The number of non-ortho nitro benzene ring substituents is 1. The van der Waals surface area contributed by atoms with Gasteiger partial charge in [0.1, 0.15) is 10.8 Å². The highest BCUT2D eigenvalue weighted by atomic mass is 35.5. The zero-order valence-corrected chi connectivity index (χ0v) is 14.1. The van der Waals surface area contributed by atoms with Crippen LogP contribution in [0.3, 0.4) is 0 Å². The Hall–Kier alpha value is -3.46. The molecule has 0 aromatic heterocycles. The molecule has 0 spiro atoms. The molecule has 0 atom stereocenters. The van der Waals surface area contributed by atoms with E-state index >= 15 is 0 Å². The van der Waals surface area contributed by atoms with Crippen LogP contribution in [0.5, 0.6) is 5.75 Å². The molecule has 0 saturated heterocycles. The van der Waals surface area contributed by atoms with E-state index in [1.165, 1.54) is 49.6 Å². The van der Waals surface area contributed by atoms with Gasteiger partial charge in [-0.15, -0.1) is 0 Å². The van der Waals surface area contributed by atoms with Crippen molar-refractivity contribution in [3.63, 3.8) is 0 Å². The Balaban J connectivity index is 2.16. The number of halogens is 1. The molecule has 2 aromatic carbocycles. The number of hydrogen-bond donors (Lipinski definition) is 1. The van der Waals surface area contributed by atoms with Crippen LogP contribution in [0.15, 0.2) is 42.5 Å². The molecule has 0 unspecified atom stereocenters. The van der Waals surface area contributed by atoms with Gasteiger partial charge in [0.15, 0.2) is 0 Å². The molecule has 1 amide bonds. The van der Waals surface area contributed by atoms with Crippen LogP contribution in [0.25, 0.3) is 6.08 Å². The smallest absolute Gasteiger partial charge is 0.288 e. The van der Waals surface area contributed by atoms with Gasteiger partial charge in [0.05, 0.1) is 28.7 Å². The Morgan fingerprint density at radius 3 is 2.50 bits per heavy atom. The molecule has 26 heavy (non-hydrogen) atoms. The third kappa shape index (κ3) is 4.54. The predicted octanol–water partition coefficient (Wildman–Crippen LogP) is 3.82. The summed E-state index contributed by atoms with van der Waals surface area (Å²) in [6.07, 6.45) is 2.53. The van der Waals surface area contributed by atoms with Crippen molar-refractivity contribution in [1.29, 1.82) is 0 Å². The van der Waals surface area contributed by atoms with Crippen molar-refractivity contribution >= 4 is 40.6 Å². The van der Waals surface area contributed by atoms with Crippen molar-refractivity contribution in [3.05, 3.63) is 73.3 Å². The molecule has 0 aliphatic carbocycles. The van der Waals surface area contributed by atoms with Gasteiger partial charge in [-0.05, 0) is 23.8 Å². The van der Waals surface area contributed by atoms with E-state index in [9.17, 15) is 25.0 Å². The van der Waals surface area contributed by atoms with Gasteiger partial charge in [-0.3, -0.25) is 25.0 Å². The molecule has 2 aromatic rings. The van der Waals surface area contributed by atoms with Gasteiger partial charge in [-0.2, -0.15) is 0 Å². The molecular weight excluding hydrogens is 366 g/mol. The lowest BCUT2D eigenvalue weighted by atomic mass is 10.2. The molecular formula is C16H12ClN3O6. The number of methoxy groups -OCH3 is 1. The average molecular weight is 378 g/mol. The van der Waals surface area contributed by atoms with Crippen LogP contribution < -0.4 is 10.1 Å². The minimum Gasteiger partial charge on any atom is -0.494 e. The van der Waals surface area contributed by atoms with Crippen molar-refractivity contribution in [2.24, 2.45) is 0 Å². The van der Waals surface area contributed by atoms with E-state index < -0.39 is 15.8 Å². The summed E-state index contributed by atoms with van der Waals surface area (Å²) in [5.41, 5.74) is 0.205. The SMILES string of the molecule is COc1cc([N+](=O)[O-])ccc1NC(=O)/C=C/c1ccc(Cl)c([N+](=O)[O-])c1. The van der Waals surface area contributed by atoms with Gasteiger partial charge < -0.3 is 10.1 Å². The van der Waals surface area contributed by atoms with E-state index in [0.29, 0.717) is 5.56 Å². The second kappa shape index (κ2) is 8.08. The third-order valence-corrected chi connectivity index (χ3v) is 3.57. The maximum absolute atomic E-state index is 12.0. The molecule has 0 saturated carbocycles. The summed E-state index contributed by atoms with van der Waals surface area (Å²) in [4.78, 5) is 32.4. The van der Waals surface area contributed by atoms with E-state index in [-0.39, 0.29) is 27.8 Å². The van der Waals surface area contributed by atoms with Gasteiger partial charge in [-0.25, -0.2) is 0 Å². The van der Waals surface area contributed by atoms with E-state index in [4.69, 9.17) is 16.3 Å². The summed E-state index contributed by atoms with van der Waals surface area (Å²) >= 11 is 5.72. The molecule has 1 N–H and O–H groups in total. The number of ether oxygens (including phenoxy) is 1. The zero-order valence-electron chi connectivity index (χ0n) is 13.3. The number of nitrogens with zero attached hydrogens (tertiary/aromatic N) is 2. The molecule has 0 aliphatic heterocycles. The van der Waals surface area contributed by atoms with Crippen LogP contribution in [0.4, 0.5) is 17.1 Å². The molecule has 134 valence electrons. The van der Waals surface area contributed by atoms with Gasteiger partial charge in [-0.1, -0.05) is 17.7 Å². The molecule has 10 heteroatoms. The second-order valence-corrected chi connectivity index (χ2v) is 5.34. The molecule has 0 fully saturated rings. The first-order chi connectivity index (χ1) is 12.3. The highest BCUT2D eigenvalue weighted by Gasteiger charge is 2.13. The van der Waals surface area contributed by atoms with E-state index in [0.717, 1.165) is 6.08 Å². The van der Waals surface area contributed by atoms with Crippen molar-refractivity contribution in [2.45, 2.75) is 0 Å². The first-order valence-corrected chi connectivity index (χ1v) is 7.45. The number of nitro groups is 2. The summed E-state index contributed by atoms with van der Waals surface area (Å²) in [5.74, 6) is -0.419. The minimum absolute atomic E-state index is 0.00721. The summed E-state index contributed by atoms with van der Waals surface area (Å²) in [6, 6.07) is 7.86. The summed E-state index contributed by atoms with van der Waals surface area (Å²) in [5, 5.41) is 24.1. The predicted molar refractivity (Wildman–Crippen MR) is 95.4 cm³/mol. The topological polar surface area (TPSA) is 125 Å². The third-order valence-electron chi connectivity index (χ3n) is 3.25. The monoisotopic (exact) mass is 377 g/mol. The Kier molecular flexibility index (Phi) is 5.86. The fraction of sp³-hybridized carbons (Fsp3) is 0.0625. The van der Waals surface area contributed by atoms with Crippen LogP contribution in [-0.4, -0.2) is 22.9 Å². The van der Waals surface area contributed by atoms with Crippen molar-refractivity contribution in [1.82, 2.24) is 0 Å². The van der Waals surface area contributed by atoms with Gasteiger partial charge in [0, 0.05) is 18.2 Å². The van der Waals surface area contributed by atoms with Gasteiger partial charge >= 0.3 is 0 Å². The number of hydrogen-bond acceptors (Lipinski definition) is 6. The highest BCUT2D eigenvalue weighted by Crippen LogP contribution is 2.29. The lowest BCUT2D eigenvalue weighted by Crippen LogP contribution is -2.09. The Bertz CT molecular complexity index is 913. The average Bonchev–Trinajstić information content (AvgIpc) is 2.60. The lowest BCUT2D eigenvalue weighted by Gasteiger charge is -2.08. The molecule has 2 rings (SSSR count). The maximum Gasteiger partial charge on any atom is 0.288 e. The fourth-order valence-electron chi connectivity index (χ4n) is 2.02. The molecule has 0 heterocycles. The van der Waals surface area contributed by atoms with Crippen LogP contribution in [-0.2, 0) is 4.79 Å². The number of carbonyl (C=O) groups is 1. The number of benzene rings is 2. The second-order valence-electron chi connectivity index (χ2n) is 4.93. The van der Waals surface area contributed by atoms with E-state index in [1.54, 1.807) is 0 Å². The number of nitro benzene ring substituents is 2. The Labute approximate surface area is 152 Å². The summed E-state index contributed by atoms with van der Waals surface area (Å²) in [6.45, 7) is 0. The molecule has 0 bridgehead atoms. The van der Waals surface area contributed by atoms with Crippen molar-refractivity contribution in [2.75, 3.05) is 12.4 Å². The maximum atomic E-state index is 12.0. The first kappa shape index (κ1) is 18.9. The molecule has 0 radical (unpaired) electrons. The Morgan fingerprint density at radius 2 is 1.88 bits per heavy atom. The number of rotatable bonds is 6. The van der Waals surface area contributed by atoms with E-state index in [2.05, 4.69) is 5.32 Å². The van der Waals surface area contributed by atoms with Gasteiger partial charge in [0.2, 0.25) is 5.91 Å². The lowest BCUT2D eigenvalue weighted by molar-refractivity contribution is -0.385. The first-order valence-electron chi connectivity index (χ1n) is 7.07. The van der Waals surface area contributed by atoms with Gasteiger partial charge in [0.25, 0.3) is 11.4 Å². The number of anilines is 1. The summed E-state index contributed by atoms with van der Waals surface area (Å²) in [7, 11) is 1.32. The number of nitrogens with one attached hydrogen (secondary N) is 1. The zero-order chi connectivity index (χ0) is 19.3. The van der Waals surface area contributed by atoms with Crippen LogP contribution in [0.2, 0.25) is 5.02 Å². The highest BCUT2D eigenvalue weighted by molar-refractivity contribution is 6.32. The van der Waals surface area contributed by atoms with Crippen LogP contribution in [0.1, 0.15) is 5.56 Å². The fourth-order valence-corrected chi connectivity index (χ4v) is 2.20. The van der Waals surface area contributed by atoms with Crippen molar-refractivity contribution in [3.8, 4) is 5.75 Å². The molecule has 9 nitrogen and oxygen atoms in total. The quantitative estimate of drug-likeness (QED) is 0.463. The number of carbonyl (C=O) groups excluding carboxylic acids is 1. The number of amides is 1.